The number of rotatable bonds is 4. The van der Waals surface area contributed by atoms with Crippen LogP contribution in [0.4, 0.5) is 0 Å². The van der Waals surface area contributed by atoms with Gasteiger partial charge in [-0.05, 0) is 61.1 Å². The van der Waals surface area contributed by atoms with Crippen LogP contribution in [0.25, 0.3) is 0 Å². The maximum absolute atomic E-state index is 9.77. The molecule has 0 aliphatic heterocycles. The number of hydrogen-bond donors (Lipinski definition) is 2. The summed E-state index contributed by atoms with van der Waals surface area (Å²) >= 11 is 0. The van der Waals surface area contributed by atoms with Crippen molar-refractivity contribution in [2.24, 2.45) is 0 Å². The molecule has 0 atom stereocenters. The summed E-state index contributed by atoms with van der Waals surface area (Å²) in [6.07, 6.45) is 1.94. The SMILES string of the molecule is CC.CCC(CC)(c1ccc(O)c(C)c1)c1ccc(O)c(C)c1. The molecule has 126 valence electrons. The molecule has 2 aromatic rings. The Balaban J connectivity index is 0.00000127. The Hall–Kier alpha value is -1.96. The van der Waals surface area contributed by atoms with Gasteiger partial charge in [-0.1, -0.05) is 52.0 Å². The molecule has 0 saturated heterocycles. The quantitative estimate of drug-likeness (QED) is 0.743. The smallest absolute Gasteiger partial charge is 0.118 e. The highest BCUT2D eigenvalue weighted by molar-refractivity contribution is 5.47. The molecule has 0 spiro atoms. The molecule has 2 aromatic carbocycles. The zero-order chi connectivity index (χ0) is 17.6. The van der Waals surface area contributed by atoms with E-state index < -0.39 is 0 Å². The highest BCUT2D eigenvalue weighted by Crippen LogP contribution is 2.41. The molecule has 0 unspecified atom stereocenters. The van der Waals surface area contributed by atoms with Gasteiger partial charge in [0.25, 0.3) is 0 Å². The summed E-state index contributed by atoms with van der Waals surface area (Å²) in [6, 6.07) is 11.7. The van der Waals surface area contributed by atoms with Crippen LogP contribution in [0.5, 0.6) is 11.5 Å². The molecule has 2 rings (SSSR count). The maximum atomic E-state index is 9.77. The van der Waals surface area contributed by atoms with Crippen LogP contribution in [0.15, 0.2) is 36.4 Å². The van der Waals surface area contributed by atoms with Crippen molar-refractivity contribution in [1.82, 2.24) is 0 Å². The Morgan fingerprint density at radius 1 is 0.739 bits per heavy atom. The van der Waals surface area contributed by atoms with Crippen LogP contribution in [0.2, 0.25) is 0 Å². The molecule has 0 fully saturated rings. The van der Waals surface area contributed by atoms with Gasteiger partial charge in [0.2, 0.25) is 0 Å². The molecule has 0 aliphatic carbocycles. The second-order valence-electron chi connectivity index (χ2n) is 5.79. The summed E-state index contributed by atoms with van der Waals surface area (Å²) in [5.41, 5.74) is 4.14. The molecule has 2 N–H and O–H groups in total. The second kappa shape index (κ2) is 8.05. The summed E-state index contributed by atoms with van der Waals surface area (Å²) in [4.78, 5) is 0. The molecule has 0 amide bonds. The van der Waals surface area contributed by atoms with E-state index in [1.165, 1.54) is 11.1 Å². The fourth-order valence-electron chi connectivity index (χ4n) is 3.14. The Labute approximate surface area is 140 Å². The number of hydrogen-bond acceptors (Lipinski definition) is 2. The van der Waals surface area contributed by atoms with Crippen LogP contribution in [-0.4, -0.2) is 10.2 Å². The lowest BCUT2D eigenvalue weighted by molar-refractivity contribution is 0.457. The third-order valence-electron chi connectivity index (χ3n) is 4.71. The summed E-state index contributed by atoms with van der Waals surface area (Å²) in [7, 11) is 0. The molecule has 0 aromatic heterocycles. The number of benzene rings is 2. The van der Waals surface area contributed by atoms with Gasteiger partial charge in [-0.3, -0.25) is 0 Å². The molecule has 0 heterocycles. The topological polar surface area (TPSA) is 40.5 Å². The van der Waals surface area contributed by atoms with Gasteiger partial charge in [0.1, 0.15) is 11.5 Å². The summed E-state index contributed by atoms with van der Waals surface area (Å²) < 4.78 is 0. The third-order valence-corrected chi connectivity index (χ3v) is 4.71. The van der Waals surface area contributed by atoms with Gasteiger partial charge in [-0.15, -0.1) is 0 Å². The highest BCUT2D eigenvalue weighted by Gasteiger charge is 2.31. The van der Waals surface area contributed by atoms with Crippen LogP contribution in [0.3, 0.4) is 0 Å². The highest BCUT2D eigenvalue weighted by atomic mass is 16.3. The summed E-state index contributed by atoms with van der Waals surface area (Å²) in [5.74, 6) is 0.670. The Morgan fingerprint density at radius 2 is 1.09 bits per heavy atom. The average Bonchev–Trinajstić information content (AvgIpc) is 2.57. The first kappa shape index (κ1) is 19.1. The zero-order valence-corrected chi connectivity index (χ0v) is 15.3. The first-order valence-electron chi connectivity index (χ1n) is 8.54. The molecule has 0 saturated carbocycles. The molecule has 2 nitrogen and oxygen atoms in total. The monoisotopic (exact) mass is 314 g/mol. The van der Waals surface area contributed by atoms with Crippen LogP contribution >= 0.6 is 0 Å². The third kappa shape index (κ3) is 3.69. The van der Waals surface area contributed by atoms with E-state index in [1.54, 1.807) is 12.1 Å². The van der Waals surface area contributed by atoms with E-state index >= 15 is 0 Å². The minimum Gasteiger partial charge on any atom is -0.508 e. The lowest BCUT2D eigenvalue weighted by atomic mass is 9.70. The van der Waals surface area contributed by atoms with Crippen LogP contribution < -0.4 is 0 Å². The number of phenols is 2. The fourth-order valence-corrected chi connectivity index (χ4v) is 3.14. The normalized spacial score (nSPS) is 10.9. The van der Waals surface area contributed by atoms with Crippen molar-refractivity contribution in [2.75, 3.05) is 0 Å². The lowest BCUT2D eigenvalue weighted by Gasteiger charge is -2.34. The number of aryl methyl sites for hydroxylation is 2. The van der Waals surface area contributed by atoms with Crippen LogP contribution in [0, 0.1) is 13.8 Å². The number of aromatic hydroxyl groups is 2. The molecular formula is C21H30O2. The minimum atomic E-state index is -0.0864. The van der Waals surface area contributed by atoms with Gasteiger partial charge in [-0.25, -0.2) is 0 Å². The predicted octanol–water partition coefficient (Wildman–Crippen LogP) is 5.85. The first-order valence-corrected chi connectivity index (χ1v) is 8.54. The Bertz CT molecular complexity index is 587. The fraction of sp³-hybridized carbons (Fsp3) is 0.429. The Kier molecular flexibility index (Phi) is 6.68. The molecule has 2 heteroatoms. The van der Waals surface area contributed by atoms with Gasteiger partial charge >= 0.3 is 0 Å². The van der Waals surface area contributed by atoms with E-state index in [4.69, 9.17) is 0 Å². The van der Waals surface area contributed by atoms with Gasteiger partial charge < -0.3 is 10.2 Å². The summed E-state index contributed by atoms with van der Waals surface area (Å²) in [6.45, 7) is 12.2. The first-order chi connectivity index (χ1) is 10.9. The minimum absolute atomic E-state index is 0.0864. The predicted molar refractivity (Wildman–Crippen MR) is 98.4 cm³/mol. The van der Waals surface area contributed by atoms with Gasteiger partial charge in [0.05, 0.1) is 0 Å². The van der Waals surface area contributed by atoms with E-state index in [-0.39, 0.29) is 5.41 Å². The summed E-state index contributed by atoms with van der Waals surface area (Å²) in [5, 5.41) is 19.5. The van der Waals surface area contributed by atoms with Crippen molar-refractivity contribution < 1.29 is 10.2 Å². The molecular weight excluding hydrogens is 284 g/mol. The van der Waals surface area contributed by atoms with Crippen LogP contribution in [-0.2, 0) is 5.41 Å². The lowest BCUT2D eigenvalue weighted by Crippen LogP contribution is -2.26. The van der Waals surface area contributed by atoms with Gasteiger partial charge in [0, 0.05) is 5.41 Å². The molecule has 0 bridgehead atoms. The van der Waals surface area contributed by atoms with Crippen molar-refractivity contribution >= 4 is 0 Å². The largest absolute Gasteiger partial charge is 0.508 e. The Morgan fingerprint density at radius 3 is 1.35 bits per heavy atom. The van der Waals surface area contributed by atoms with E-state index in [1.807, 2.05) is 39.8 Å². The molecule has 0 aliphatic rings. The standard InChI is InChI=1S/C19H24O2.C2H6/c1-5-19(6-2,15-7-9-17(20)13(3)11-15)16-8-10-18(21)14(4)12-16;1-2/h7-12,20-21H,5-6H2,1-4H3;1-2H3. The second-order valence-corrected chi connectivity index (χ2v) is 5.79. The molecule has 23 heavy (non-hydrogen) atoms. The van der Waals surface area contributed by atoms with E-state index in [0.29, 0.717) is 11.5 Å². The molecule has 0 radical (unpaired) electrons. The van der Waals surface area contributed by atoms with Crippen LogP contribution in [0.1, 0.15) is 62.8 Å². The maximum Gasteiger partial charge on any atom is 0.118 e. The van der Waals surface area contributed by atoms with Gasteiger partial charge in [0.15, 0.2) is 0 Å². The number of phenolic OH excluding ortho intramolecular Hbond substituents is 2. The van der Waals surface area contributed by atoms with Crippen molar-refractivity contribution in [1.29, 1.82) is 0 Å². The van der Waals surface area contributed by atoms with Crippen molar-refractivity contribution in [3.8, 4) is 11.5 Å². The van der Waals surface area contributed by atoms with E-state index in [2.05, 4.69) is 26.0 Å². The zero-order valence-electron chi connectivity index (χ0n) is 15.3. The van der Waals surface area contributed by atoms with E-state index in [0.717, 1.165) is 24.0 Å². The van der Waals surface area contributed by atoms with Gasteiger partial charge in [-0.2, -0.15) is 0 Å². The average molecular weight is 314 g/mol. The van der Waals surface area contributed by atoms with E-state index in [9.17, 15) is 10.2 Å². The van der Waals surface area contributed by atoms with Crippen molar-refractivity contribution in [2.45, 2.75) is 59.8 Å². The van der Waals surface area contributed by atoms with Crippen molar-refractivity contribution in [3.63, 3.8) is 0 Å². The van der Waals surface area contributed by atoms with Crippen molar-refractivity contribution in [3.05, 3.63) is 58.7 Å².